The molecule has 0 saturated carbocycles. The number of benzene rings is 1. The Bertz CT molecular complexity index is 821. The summed E-state index contributed by atoms with van der Waals surface area (Å²) in [7, 11) is 2.24. The molecular formula is C21H27N5. The third-order valence-corrected chi connectivity index (χ3v) is 5.45. The standard InChI is InChI=1S/C21H27N5/c1-24(17-19-8-7-18-5-2-3-6-21(18)23-19)20-9-13-25(14-10-20)15-16-26-12-4-11-22-26/h2-8,11-12,20H,9-10,13-17H2,1H3. The molecular weight excluding hydrogens is 322 g/mol. The van der Waals surface area contributed by atoms with Crippen molar-refractivity contribution >= 4 is 10.9 Å². The van der Waals surface area contributed by atoms with Crippen LogP contribution in [0.2, 0.25) is 0 Å². The first-order valence-corrected chi connectivity index (χ1v) is 9.52. The van der Waals surface area contributed by atoms with Crippen LogP contribution >= 0.6 is 0 Å². The van der Waals surface area contributed by atoms with Gasteiger partial charge in [-0.2, -0.15) is 5.10 Å². The zero-order valence-electron chi connectivity index (χ0n) is 15.5. The van der Waals surface area contributed by atoms with Gasteiger partial charge in [0.1, 0.15) is 0 Å². The van der Waals surface area contributed by atoms with E-state index in [2.05, 4.69) is 58.3 Å². The highest BCUT2D eigenvalue weighted by Gasteiger charge is 2.22. The van der Waals surface area contributed by atoms with Crippen molar-refractivity contribution in [1.82, 2.24) is 24.6 Å². The molecule has 3 heterocycles. The molecule has 1 aliphatic rings. The summed E-state index contributed by atoms with van der Waals surface area (Å²) in [6.45, 7) is 5.32. The van der Waals surface area contributed by atoms with E-state index in [1.807, 2.05) is 23.1 Å². The SMILES string of the molecule is CN(Cc1ccc2ccccc2n1)C1CCN(CCn2cccn2)CC1. The molecule has 0 aliphatic carbocycles. The molecule has 2 aromatic heterocycles. The van der Waals surface area contributed by atoms with Gasteiger partial charge in [0.05, 0.1) is 17.8 Å². The van der Waals surface area contributed by atoms with Crippen LogP contribution < -0.4 is 0 Å². The van der Waals surface area contributed by atoms with Crippen molar-refractivity contribution in [2.45, 2.75) is 32.0 Å². The predicted octanol–water partition coefficient (Wildman–Crippen LogP) is 3.03. The molecule has 26 heavy (non-hydrogen) atoms. The van der Waals surface area contributed by atoms with E-state index in [0.29, 0.717) is 6.04 Å². The third kappa shape index (κ3) is 4.11. The van der Waals surface area contributed by atoms with Gasteiger partial charge in [-0.1, -0.05) is 24.3 Å². The van der Waals surface area contributed by atoms with Gasteiger partial charge in [-0.3, -0.25) is 14.6 Å². The van der Waals surface area contributed by atoms with Crippen molar-refractivity contribution in [3.8, 4) is 0 Å². The second kappa shape index (κ2) is 7.98. The van der Waals surface area contributed by atoms with E-state index in [9.17, 15) is 0 Å². The minimum absolute atomic E-state index is 0.643. The maximum absolute atomic E-state index is 4.82. The Labute approximate surface area is 155 Å². The van der Waals surface area contributed by atoms with E-state index < -0.39 is 0 Å². The zero-order chi connectivity index (χ0) is 17.8. The molecule has 1 fully saturated rings. The van der Waals surface area contributed by atoms with Gasteiger partial charge in [-0.15, -0.1) is 0 Å². The average molecular weight is 349 g/mol. The number of fused-ring (bicyclic) bond motifs is 1. The van der Waals surface area contributed by atoms with Gasteiger partial charge >= 0.3 is 0 Å². The van der Waals surface area contributed by atoms with Gasteiger partial charge in [0.25, 0.3) is 0 Å². The molecule has 0 N–H and O–H groups in total. The van der Waals surface area contributed by atoms with E-state index in [4.69, 9.17) is 4.98 Å². The topological polar surface area (TPSA) is 37.2 Å². The van der Waals surface area contributed by atoms with Gasteiger partial charge in [0.15, 0.2) is 0 Å². The second-order valence-electron chi connectivity index (χ2n) is 7.25. The lowest BCUT2D eigenvalue weighted by atomic mass is 10.0. The number of piperidine rings is 1. The molecule has 5 nitrogen and oxygen atoms in total. The highest BCUT2D eigenvalue weighted by Crippen LogP contribution is 2.18. The van der Waals surface area contributed by atoms with E-state index in [1.54, 1.807) is 0 Å². The van der Waals surface area contributed by atoms with Crippen molar-refractivity contribution in [3.05, 3.63) is 60.6 Å². The average Bonchev–Trinajstić information content (AvgIpc) is 3.20. The smallest absolute Gasteiger partial charge is 0.0705 e. The predicted molar refractivity (Wildman–Crippen MR) is 105 cm³/mol. The third-order valence-electron chi connectivity index (χ3n) is 5.45. The Morgan fingerprint density at radius 3 is 2.69 bits per heavy atom. The lowest BCUT2D eigenvalue weighted by Gasteiger charge is -2.36. The van der Waals surface area contributed by atoms with E-state index in [0.717, 1.165) is 30.8 Å². The summed E-state index contributed by atoms with van der Waals surface area (Å²) in [5.41, 5.74) is 2.25. The minimum atomic E-state index is 0.643. The van der Waals surface area contributed by atoms with Crippen LogP contribution in [-0.2, 0) is 13.1 Å². The number of aromatic nitrogens is 3. The summed E-state index contributed by atoms with van der Waals surface area (Å²) in [6, 6.07) is 15.3. The van der Waals surface area contributed by atoms with E-state index in [-0.39, 0.29) is 0 Å². The number of likely N-dealkylation sites (tertiary alicyclic amines) is 1. The molecule has 4 rings (SSSR count). The molecule has 0 spiro atoms. The first-order valence-electron chi connectivity index (χ1n) is 9.52. The molecule has 1 aromatic carbocycles. The Kier molecular flexibility index (Phi) is 5.27. The van der Waals surface area contributed by atoms with Gasteiger partial charge < -0.3 is 4.90 Å². The lowest BCUT2D eigenvalue weighted by molar-refractivity contribution is 0.119. The van der Waals surface area contributed by atoms with Crippen LogP contribution in [-0.4, -0.2) is 57.3 Å². The lowest BCUT2D eigenvalue weighted by Crippen LogP contribution is -2.44. The largest absolute Gasteiger partial charge is 0.301 e. The van der Waals surface area contributed by atoms with Crippen molar-refractivity contribution in [2.24, 2.45) is 0 Å². The maximum atomic E-state index is 4.82. The Morgan fingerprint density at radius 1 is 1.04 bits per heavy atom. The Hall–Kier alpha value is -2.24. The molecule has 0 atom stereocenters. The number of hydrogen-bond donors (Lipinski definition) is 0. The van der Waals surface area contributed by atoms with Crippen LogP contribution in [0.5, 0.6) is 0 Å². The number of nitrogens with zero attached hydrogens (tertiary/aromatic N) is 5. The first kappa shape index (κ1) is 17.2. The van der Waals surface area contributed by atoms with Gasteiger partial charge in [-0.05, 0) is 51.2 Å². The molecule has 1 saturated heterocycles. The maximum Gasteiger partial charge on any atom is 0.0705 e. The summed E-state index contributed by atoms with van der Waals surface area (Å²) in [5.74, 6) is 0. The van der Waals surface area contributed by atoms with Gasteiger partial charge in [0.2, 0.25) is 0 Å². The molecule has 1 aliphatic heterocycles. The van der Waals surface area contributed by atoms with Crippen molar-refractivity contribution in [2.75, 3.05) is 26.7 Å². The quantitative estimate of drug-likeness (QED) is 0.685. The normalized spacial score (nSPS) is 16.5. The Morgan fingerprint density at radius 2 is 1.88 bits per heavy atom. The van der Waals surface area contributed by atoms with E-state index in [1.165, 1.54) is 31.3 Å². The molecule has 0 bridgehead atoms. The molecule has 136 valence electrons. The fourth-order valence-electron chi connectivity index (χ4n) is 3.84. The second-order valence-corrected chi connectivity index (χ2v) is 7.25. The van der Waals surface area contributed by atoms with Crippen molar-refractivity contribution < 1.29 is 0 Å². The van der Waals surface area contributed by atoms with Crippen LogP contribution in [0.1, 0.15) is 18.5 Å². The zero-order valence-corrected chi connectivity index (χ0v) is 15.5. The minimum Gasteiger partial charge on any atom is -0.301 e. The highest BCUT2D eigenvalue weighted by atomic mass is 15.3. The molecule has 0 radical (unpaired) electrons. The number of hydrogen-bond acceptors (Lipinski definition) is 4. The fourth-order valence-corrected chi connectivity index (χ4v) is 3.84. The molecule has 0 amide bonds. The first-order chi connectivity index (χ1) is 12.8. The summed E-state index contributed by atoms with van der Waals surface area (Å²) in [6.07, 6.45) is 6.34. The summed E-state index contributed by atoms with van der Waals surface area (Å²) in [4.78, 5) is 9.85. The van der Waals surface area contributed by atoms with Crippen molar-refractivity contribution in [1.29, 1.82) is 0 Å². The summed E-state index contributed by atoms with van der Waals surface area (Å²) in [5, 5.41) is 5.50. The monoisotopic (exact) mass is 349 g/mol. The van der Waals surface area contributed by atoms with Crippen LogP contribution in [0.25, 0.3) is 10.9 Å². The summed E-state index contributed by atoms with van der Waals surface area (Å²) >= 11 is 0. The Balaban J connectivity index is 1.28. The van der Waals surface area contributed by atoms with Gasteiger partial charge in [0, 0.05) is 36.9 Å². The molecule has 5 heteroatoms. The van der Waals surface area contributed by atoms with Gasteiger partial charge in [-0.25, -0.2) is 0 Å². The van der Waals surface area contributed by atoms with Crippen LogP contribution in [0.3, 0.4) is 0 Å². The number of rotatable bonds is 6. The van der Waals surface area contributed by atoms with Crippen molar-refractivity contribution in [3.63, 3.8) is 0 Å². The van der Waals surface area contributed by atoms with E-state index >= 15 is 0 Å². The molecule has 0 unspecified atom stereocenters. The number of pyridine rings is 1. The van der Waals surface area contributed by atoms with Crippen LogP contribution in [0.4, 0.5) is 0 Å². The van der Waals surface area contributed by atoms with Crippen LogP contribution in [0, 0.1) is 0 Å². The summed E-state index contributed by atoms with van der Waals surface area (Å²) < 4.78 is 2.02. The number of para-hydroxylation sites is 1. The van der Waals surface area contributed by atoms with Crippen LogP contribution in [0.15, 0.2) is 54.9 Å². The fraction of sp³-hybridized carbons (Fsp3) is 0.429. The molecule has 3 aromatic rings. The highest BCUT2D eigenvalue weighted by molar-refractivity contribution is 5.78.